The molecule has 0 spiro atoms. The summed E-state index contributed by atoms with van der Waals surface area (Å²) in [6.07, 6.45) is 0. The quantitative estimate of drug-likeness (QED) is 0.239. The molecule has 0 aliphatic carbocycles. The molecule has 0 bridgehead atoms. The van der Waals surface area contributed by atoms with Crippen LogP contribution in [0, 0.1) is 0 Å². The average Bonchev–Trinajstić information content (AvgIpc) is 2.87. The zero-order chi connectivity index (χ0) is 21.1. The van der Waals surface area contributed by atoms with Gasteiger partial charge >= 0.3 is 0 Å². The van der Waals surface area contributed by atoms with Gasteiger partial charge in [-0.25, -0.2) is 0 Å². The highest BCUT2D eigenvalue weighted by molar-refractivity contribution is 6.23. The molecule has 0 nitrogen and oxygen atoms in total. The lowest BCUT2D eigenvalue weighted by atomic mass is 9.87. The van der Waals surface area contributed by atoms with Gasteiger partial charge in [-0.15, -0.1) is 0 Å². The highest BCUT2D eigenvalue weighted by Crippen LogP contribution is 2.42. The van der Waals surface area contributed by atoms with Crippen LogP contribution in [0.3, 0.4) is 0 Å². The Morgan fingerprint density at radius 2 is 0.688 bits per heavy atom. The molecule has 7 aromatic rings. The van der Waals surface area contributed by atoms with Gasteiger partial charge in [0.25, 0.3) is 0 Å². The Balaban J connectivity index is 1.72. The molecule has 0 atom stereocenters. The van der Waals surface area contributed by atoms with Gasteiger partial charge in [-0.05, 0) is 77.1 Å². The van der Waals surface area contributed by atoms with Gasteiger partial charge in [0.15, 0.2) is 0 Å². The molecule has 0 radical (unpaired) electrons. The second-order valence-electron chi connectivity index (χ2n) is 8.54. The van der Waals surface area contributed by atoms with Crippen molar-refractivity contribution in [3.05, 3.63) is 121 Å². The topological polar surface area (TPSA) is 0 Å². The maximum Gasteiger partial charge on any atom is -0.00923 e. The van der Waals surface area contributed by atoms with E-state index in [0.717, 1.165) is 0 Å². The van der Waals surface area contributed by atoms with Crippen molar-refractivity contribution >= 4 is 53.9 Å². The molecule has 7 aromatic carbocycles. The van der Waals surface area contributed by atoms with Crippen LogP contribution in [0.1, 0.15) is 0 Å². The number of hydrogen-bond donors (Lipinski definition) is 0. The van der Waals surface area contributed by atoms with E-state index >= 15 is 0 Å². The molecule has 148 valence electrons. The standard InChI is InChI=1S/C32H20/c1-3-11-23-21(9-1)17-18-29-26-14-6-8-16-28(26)32(20-31(23)29)30-19-22-10-2-4-12-24(22)25-13-5-7-15-27(25)30/h1-20H. The molecule has 0 aliphatic heterocycles. The van der Waals surface area contributed by atoms with E-state index < -0.39 is 0 Å². The summed E-state index contributed by atoms with van der Waals surface area (Å²) in [5.41, 5.74) is 2.59. The molecule has 7 rings (SSSR count). The summed E-state index contributed by atoms with van der Waals surface area (Å²) in [6.45, 7) is 0. The summed E-state index contributed by atoms with van der Waals surface area (Å²) in [6, 6.07) is 44.4. The predicted octanol–water partition coefficient (Wildman–Crippen LogP) is 9.12. The van der Waals surface area contributed by atoms with Crippen LogP contribution in [-0.4, -0.2) is 0 Å². The molecule has 0 saturated heterocycles. The zero-order valence-corrected chi connectivity index (χ0v) is 17.5. The minimum atomic E-state index is 1.28. The summed E-state index contributed by atoms with van der Waals surface area (Å²) in [4.78, 5) is 0. The van der Waals surface area contributed by atoms with E-state index in [1.54, 1.807) is 0 Å². The summed E-state index contributed by atoms with van der Waals surface area (Å²) in [5.74, 6) is 0. The van der Waals surface area contributed by atoms with E-state index in [2.05, 4.69) is 121 Å². The number of hydrogen-bond acceptors (Lipinski definition) is 0. The Kier molecular flexibility index (Phi) is 3.65. The Morgan fingerprint density at radius 1 is 0.250 bits per heavy atom. The molecule has 0 heteroatoms. The fourth-order valence-corrected chi connectivity index (χ4v) is 5.36. The van der Waals surface area contributed by atoms with Crippen LogP contribution in [0.25, 0.3) is 65.0 Å². The molecule has 0 unspecified atom stereocenters. The highest BCUT2D eigenvalue weighted by Gasteiger charge is 2.14. The Bertz CT molecular complexity index is 1820. The summed E-state index contributed by atoms with van der Waals surface area (Å²) < 4.78 is 0. The SMILES string of the molecule is c1ccc2c(c1)cc(-c1cc3c4ccccc4ccc3c3ccccc13)c1ccccc12. The fraction of sp³-hybridized carbons (Fsp3) is 0. The summed E-state index contributed by atoms with van der Waals surface area (Å²) >= 11 is 0. The molecule has 0 fully saturated rings. The first kappa shape index (κ1) is 17.5. The lowest BCUT2D eigenvalue weighted by Gasteiger charge is -2.16. The van der Waals surface area contributed by atoms with Gasteiger partial charge < -0.3 is 0 Å². The molecule has 0 amide bonds. The zero-order valence-electron chi connectivity index (χ0n) is 17.5. The van der Waals surface area contributed by atoms with E-state index in [4.69, 9.17) is 0 Å². The first-order chi connectivity index (χ1) is 15.9. The van der Waals surface area contributed by atoms with Gasteiger partial charge in [0.05, 0.1) is 0 Å². The highest BCUT2D eigenvalue weighted by atomic mass is 14.2. The number of fused-ring (bicyclic) bond motifs is 8. The maximum atomic E-state index is 2.41. The predicted molar refractivity (Wildman–Crippen MR) is 139 cm³/mol. The van der Waals surface area contributed by atoms with Crippen LogP contribution in [0.4, 0.5) is 0 Å². The molecular weight excluding hydrogens is 384 g/mol. The molecule has 0 heterocycles. The van der Waals surface area contributed by atoms with Crippen LogP contribution in [-0.2, 0) is 0 Å². The Morgan fingerprint density at radius 3 is 1.38 bits per heavy atom. The van der Waals surface area contributed by atoms with Crippen molar-refractivity contribution in [3.8, 4) is 11.1 Å². The van der Waals surface area contributed by atoms with Crippen LogP contribution in [0.15, 0.2) is 121 Å². The fourth-order valence-electron chi connectivity index (χ4n) is 5.36. The molecule has 32 heavy (non-hydrogen) atoms. The summed E-state index contributed by atoms with van der Waals surface area (Å²) in [7, 11) is 0. The van der Waals surface area contributed by atoms with Gasteiger partial charge in [-0.3, -0.25) is 0 Å². The normalized spacial score (nSPS) is 11.8. The third-order valence-corrected chi connectivity index (χ3v) is 6.82. The van der Waals surface area contributed by atoms with Gasteiger partial charge in [0.2, 0.25) is 0 Å². The summed E-state index contributed by atoms with van der Waals surface area (Å²) in [5, 5.41) is 13.0. The Labute approximate surface area is 186 Å². The van der Waals surface area contributed by atoms with E-state index in [1.165, 1.54) is 65.0 Å². The first-order valence-corrected chi connectivity index (χ1v) is 11.1. The maximum absolute atomic E-state index is 2.41. The second-order valence-corrected chi connectivity index (χ2v) is 8.54. The van der Waals surface area contributed by atoms with Crippen LogP contribution in [0.2, 0.25) is 0 Å². The minimum absolute atomic E-state index is 1.28. The van der Waals surface area contributed by atoms with Crippen molar-refractivity contribution in [1.29, 1.82) is 0 Å². The third kappa shape index (κ3) is 2.44. The van der Waals surface area contributed by atoms with Crippen molar-refractivity contribution in [2.24, 2.45) is 0 Å². The largest absolute Gasteiger partial charge is 0.0616 e. The minimum Gasteiger partial charge on any atom is -0.0616 e. The van der Waals surface area contributed by atoms with Crippen molar-refractivity contribution in [1.82, 2.24) is 0 Å². The van der Waals surface area contributed by atoms with Crippen LogP contribution < -0.4 is 0 Å². The van der Waals surface area contributed by atoms with Crippen molar-refractivity contribution in [3.63, 3.8) is 0 Å². The lowest BCUT2D eigenvalue weighted by molar-refractivity contribution is 1.72. The molecule has 0 N–H and O–H groups in total. The molecular formula is C32H20. The van der Waals surface area contributed by atoms with Crippen LogP contribution >= 0.6 is 0 Å². The van der Waals surface area contributed by atoms with E-state index in [1.807, 2.05) is 0 Å². The monoisotopic (exact) mass is 404 g/mol. The lowest BCUT2D eigenvalue weighted by Crippen LogP contribution is -1.88. The number of rotatable bonds is 1. The third-order valence-electron chi connectivity index (χ3n) is 6.82. The van der Waals surface area contributed by atoms with E-state index in [-0.39, 0.29) is 0 Å². The van der Waals surface area contributed by atoms with E-state index in [0.29, 0.717) is 0 Å². The van der Waals surface area contributed by atoms with Gasteiger partial charge in [0, 0.05) is 0 Å². The van der Waals surface area contributed by atoms with Gasteiger partial charge in [-0.1, -0.05) is 109 Å². The molecule has 0 aromatic heterocycles. The van der Waals surface area contributed by atoms with Crippen molar-refractivity contribution in [2.75, 3.05) is 0 Å². The second kappa shape index (κ2) is 6.67. The first-order valence-electron chi connectivity index (χ1n) is 11.1. The molecule has 0 aliphatic rings. The van der Waals surface area contributed by atoms with Crippen molar-refractivity contribution < 1.29 is 0 Å². The molecule has 0 saturated carbocycles. The average molecular weight is 405 g/mol. The van der Waals surface area contributed by atoms with E-state index in [9.17, 15) is 0 Å². The van der Waals surface area contributed by atoms with Crippen molar-refractivity contribution in [2.45, 2.75) is 0 Å². The van der Waals surface area contributed by atoms with Gasteiger partial charge in [0.1, 0.15) is 0 Å². The smallest absolute Gasteiger partial charge is 0.00923 e. The van der Waals surface area contributed by atoms with Gasteiger partial charge in [-0.2, -0.15) is 0 Å². The number of benzene rings is 7. The van der Waals surface area contributed by atoms with Crippen LogP contribution in [0.5, 0.6) is 0 Å². The Hall–Kier alpha value is -4.16.